The summed E-state index contributed by atoms with van der Waals surface area (Å²) in [6, 6.07) is 6.45. The maximum absolute atomic E-state index is 13.1. The highest BCUT2D eigenvalue weighted by Crippen LogP contribution is 2.23. The molecule has 1 unspecified atom stereocenters. The number of amides is 1. The second-order valence-corrected chi connectivity index (χ2v) is 7.40. The number of nitrogens with one attached hydrogen (secondary N) is 1. The average molecular weight is 385 g/mol. The van der Waals surface area contributed by atoms with Gasteiger partial charge in [-0.15, -0.1) is 0 Å². The highest BCUT2D eigenvalue weighted by Gasteiger charge is 2.34. The van der Waals surface area contributed by atoms with Gasteiger partial charge in [-0.3, -0.25) is 19.3 Å². The van der Waals surface area contributed by atoms with Crippen molar-refractivity contribution in [3.8, 4) is 0 Å². The van der Waals surface area contributed by atoms with Crippen LogP contribution < -0.4 is 0 Å². The lowest BCUT2D eigenvalue weighted by atomic mass is 10.0. The number of halogens is 1. The van der Waals surface area contributed by atoms with E-state index in [4.69, 9.17) is 0 Å². The minimum atomic E-state index is -0.697. The molecule has 28 heavy (non-hydrogen) atoms. The highest BCUT2D eigenvalue weighted by molar-refractivity contribution is 6.35. The molecule has 2 aromatic rings. The van der Waals surface area contributed by atoms with E-state index in [0.29, 0.717) is 25.3 Å². The molecule has 3 rings (SSSR count). The van der Waals surface area contributed by atoms with Crippen LogP contribution in [-0.2, 0) is 11.3 Å². The van der Waals surface area contributed by atoms with Gasteiger partial charge in [0.1, 0.15) is 5.82 Å². The lowest BCUT2D eigenvalue weighted by Crippen LogP contribution is -2.57. The number of hydrogen-bond acceptors (Lipinski definition) is 4. The van der Waals surface area contributed by atoms with Crippen LogP contribution in [0.3, 0.4) is 0 Å². The summed E-state index contributed by atoms with van der Waals surface area (Å²) in [6.45, 7) is 7.49. The number of aromatic nitrogens is 1. The van der Waals surface area contributed by atoms with Gasteiger partial charge < -0.3 is 9.88 Å². The van der Waals surface area contributed by atoms with E-state index in [2.05, 4.69) is 9.88 Å². The molecular formula is C21H24FN3O3. The summed E-state index contributed by atoms with van der Waals surface area (Å²) in [5, 5.41) is 0. The van der Waals surface area contributed by atoms with Crippen LogP contribution in [0.5, 0.6) is 0 Å². The van der Waals surface area contributed by atoms with Crippen LogP contribution in [-0.4, -0.2) is 57.9 Å². The highest BCUT2D eigenvalue weighted by atomic mass is 19.1. The summed E-state index contributed by atoms with van der Waals surface area (Å²) in [4.78, 5) is 42.8. The fraction of sp³-hybridized carbons (Fsp3) is 0.381. The van der Waals surface area contributed by atoms with Gasteiger partial charge in [-0.25, -0.2) is 4.39 Å². The Morgan fingerprint density at radius 2 is 1.86 bits per heavy atom. The number of piperazine rings is 1. The van der Waals surface area contributed by atoms with Crippen molar-refractivity contribution in [1.82, 2.24) is 14.8 Å². The summed E-state index contributed by atoms with van der Waals surface area (Å²) in [5.74, 6) is -1.21. The molecule has 148 valence electrons. The maximum atomic E-state index is 13.1. The molecule has 1 N–H and O–H groups in total. The number of aryl methyl sites for hydroxylation is 1. The number of Topliss-reactive ketones (excluding diaryl/α,β-unsaturated/α-hetero) is 1. The Bertz CT molecular complexity index is 891. The summed E-state index contributed by atoms with van der Waals surface area (Å²) < 4.78 is 13.1. The van der Waals surface area contributed by atoms with Crippen LogP contribution in [0, 0.1) is 12.7 Å². The Hall–Kier alpha value is -2.80. The molecule has 0 saturated carbocycles. The molecule has 2 atom stereocenters. The SMILES string of the molecule is Cc1[nH]cc(C(=O)N2C[C@H](C)N(Cc3ccc(F)cc3)CC2C)c1C(=O)C=O. The molecule has 1 fully saturated rings. The minimum absolute atomic E-state index is 0.0708. The molecule has 1 aromatic heterocycles. The Morgan fingerprint density at radius 3 is 2.50 bits per heavy atom. The van der Waals surface area contributed by atoms with Crippen LogP contribution in [0.1, 0.15) is 45.8 Å². The topological polar surface area (TPSA) is 73.5 Å². The minimum Gasteiger partial charge on any atom is -0.364 e. The van der Waals surface area contributed by atoms with E-state index in [1.54, 1.807) is 24.0 Å². The van der Waals surface area contributed by atoms with E-state index >= 15 is 0 Å². The number of carbonyl (C=O) groups excluding carboxylic acids is 3. The van der Waals surface area contributed by atoms with Crippen LogP contribution in [0.25, 0.3) is 0 Å². The number of H-pyrrole nitrogens is 1. The first-order chi connectivity index (χ1) is 13.3. The zero-order valence-corrected chi connectivity index (χ0v) is 16.2. The molecule has 7 heteroatoms. The molecule has 0 radical (unpaired) electrons. The van der Waals surface area contributed by atoms with Gasteiger partial charge in [0.25, 0.3) is 5.91 Å². The Labute approximate surface area is 163 Å². The monoisotopic (exact) mass is 385 g/mol. The first kappa shape index (κ1) is 19.9. The number of nitrogens with zero attached hydrogens (tertiary/aromatic N) is 2. The van der Waals surface area contributed by atoms with Gasteiger partial charge in [0.15, 0.2) is 6.29 Å². The second-order valence-electron chi connectivity index (χ2n) is 7.40. The molecular weight excluding hydrogens is 361 g/mol. The number of benzene rings is 1. The number of aldehydes is 1. The van der Waals surface area contributed by atoms with E-state index in [1.807, 2.05) is 13.8 Å². The largest absolute Gasteiger partial charge is 0.364 e. The molecule has 1 saturated heterocycles. The van der Waals surface area contributed by atoms with Crippen molar-refractivity contribution < 1.29 is 18.8 Å². The standard InChI is InChI=1S/C21H24FN3O3/c1-13-10-25(21(28)18-8-23-15(3)20(18)19(27)12-26)14(2)9-24(13)11-16-4-6-17(22)7-5-16/h4-8,12-14,23H,9-11H2,1-3H3/t13-,14?/m0/s1. The van der Waals surface area contributed by atoms with Crippen molar-refractivity contribution in [2.75, 3.05) is 13.1 Å². The summed E-state index contributed by atoms with van der Waals surface area (Å²) >= 11 is 0. The maximum Gasteiger partial charge on any atom is 0.256 e. The van der Waals surface area contributed by atoms with Crippen molar-refractivity contribution >= 4 is 18.0 Å². The smallest absolute Gasteiger partial charge is 0.256 e. The average Bonchev–Trinajstić information content (AvgIpc) is 3.06. The van der Waals surface area contributed by atoms with Crippen LogP contribution in [0.15, 0.2) is 30.5 Å². The lowest BCUT2D eigenvalue weighted by Gasteiger charge is -2.44. The van der Waals surface area contributed by atoms with Gasteiger partial charge in [0, 0.05) is 43.6 Å². The third-order valence-electron chi connectivity index (χ3n) is 5.34. The van der Waals surface area contributed by atoms with E-state index < -0.39 is 5.78 Å². The zero-order chi connectivity index (χ0) is 20.4. The lowest BCUT2D eigenvalue weighted by molar-refractivity contribution is -0.104. The van der Waals surface area contributed by atoms with E-state index in [0.717, 1.165) is 5.56 Å². The zero-order valence-electron chi connectivity index (χ0n) is 16.2. The van der Waals surface area contributed by atoms with Gasteiger partial charge in [0.05, 0.1) is 11.1 Å². The molecule has 2 heterocycles. The van der Waals surface area contributed by atoms with Crippen LogP contribution in [0.4, 0.5) is 4.39 Å². The predicted molar refractivity (Wildman–Crippen MR) is 103 cm³/mol. The predicted octanol–water partition coefficient (Wildman–Crippen LogP) is 2.58. The van der Waals surface area contributed by atoms with Gasteiger partial charge >= 0.3 is 0 Å². The van der Waals surface area contributed by atoms with Crippen molar-refractivity contribution in [2.45, 2.75) is 39.4 Å². The Kier molecular flexibility index (Phi) is 5.74. The quantitative estimate of drug-likeness (QED) is 0.488. The molecule has 1 aromatic carbocycles. The third-order valence-corrected chi connectivity index (χ3v) is 5.34. The summed E-state index contributed by atoms with van der Waals surface area (Å²) in [6.07, 6.45) is 1.73. The first-order valence-electron chi connectivity index (χ1n) is 9.28. The fourth-order valence-corrected chi connectivity index (χ4v) is 3.75. The molecule has 1 aliphatic rings. The fourth-order valence-electron chi connectivity index (χ4n) is 3.75. The van der Waals surface area contributed by atoms with Crippen molar-refractivity contribution in [1.29, 1.82) is 0 Å². The van der Waals surface area contributed by atoms with E-state index in [9.17, 15) is 18.8 Å². The van der Waals surface area contributed by atoms with E-state index in [-0.39, 0.29) is 41.2 Å². The number of aromatic amines is 1. The van der Waals surface area contributed by atoms with E-state index in [1.165, 1.54) is 18.3 Å². The van der Waals surface area contributed by atoms with Crippen molar-refractivity contribution in [3.05, 3.63) is 58.7 Å². The van der Waals surface area contributed by atoms with Crippen molar-refractivity contribution in [3.63, 3.8) is 0 Å². The first-order valence-corrected chi connectivity index (χ1v) is 9.28. The number of rotatable bonds is 5. The number of carbonyl (C=O) groups is 3. The van der Waals surface area contributed by atoms with Crippen LogP contribution >= 0.6 is 0 Å². The third kappa shape index (κ3) is 3.89. The van der Waals surface area contributed by atoms with Gasteiger partial charge in [-0.2, -0.15) is 0 Å². The number of ketones is 1. The Balaban J connectivity index is 1.75. The van der Waals surface area contributed by atoms with Gasteiger partial charge in [-0.05, 0) is 38.5 Å². The van der Waals surface area contributed by atoms with Crippen molar-refractivity contribution in [2.24, 2.45) is 0 Å². The molecule has 6 nitrogen and oxygen atoms in total. The Morgan fingerprint density at radius 1 is 1.18 bits per heavy atom. The van der Waals surface area contributed by atoms with Gasteiger partial charge in [-0.1, -0.05) is 12.1 Å². The molecule has 1 aliphatic heterocycles. The number of hydrogen-bond donors (Lipinski definition) is 1. The molecule has 1 amide bonds. The normalized spacial score (nSPS) is 20.2. The van der Waals surface area contributed by atoms with Crippen LogP contribution in [0.2, 0.25) is 0 Å². The molecule has 0 bridgehead atoms. The molecule has 0 aliphatic carbocycles. The molecule has 0 spiro atoms. The summed E-state index contributed by atoms with van der Waals surface area (Å²) in [7, 11) is 0. The van der Waals surface area contributed by atoms with Gasteiger partial charge in [0.2, 0.25) is 5.78 Å². The summed E-state index contributed by atoms with van der Waals surface area (Å²) in [5.41, 5.74) is 1.91. The second kappa shape index (κ2) is 8.06.